The Morgan fingerprint density at radius 3 is 1.44 bits per heavy atom. The molecule has 50 heavy (non-hydrogen) atoms. The Labute approximate surface area is 299 Å². The molecule has 2 amide bonds. The minimum Gasteiger partial charge on any atom is -0.480 e. The van der Waals surface area contributed by atoms with Crippen molar-refractivity contribution in [2.45, 2.75) is 49.9 Å². The number of methoxy groups -OCH3 is 2. The minimum atomic E-state index is -0.110. The number of amides is 2. The molecule has 8 rings (SSSR count). The molecule has 0 radical (unpaired) electrons. The van der Waals surface area contributed by atoms with Crippen LogP contribution in [0.5, 0.6) is 11.8 Å². The molecular formula is C36H36Cl2N8O4. The van der Waals surface area contributed by atoms with Crippen LogP contribution in [-0.4, -0.2) is 93.0 Å². The molecule has 0 aliphatic carbocycles. The van der Waals surface area contributed by atoms with Gasteiger partial charge in [-0.15, -0.1) is 0 Å². The Kier molecular flexibility index (Phi) is 8.37. The van der Waals surface area contributed by atoms with Gasteiger partial charge in [0, 0.05) is 74.4 Å². The first-order valence-corrected chi connectivity index (χ1v) is 17.4. The average molecular weight is 716 g/mol. The van der Waals surface area contributed by atoms with Crippen molar-refractivity contribution < 1.29 is 19.1 Å². The number of halogens is 2. The normalized spacial score (nSPS) is 19.3. The van der Waals surface area contributed by atoms with Crippen LogP contribution in [0, 0.1) is 0 Å². The summed E-state index contributed by atoms with van der Waals surface area (Å²) in [6.45, 7) is 4.26. The van der Waals surface area contributed by atoms with E-state index in [1.165, 1.54) is 0 Å². The lowest BCUT2D eigenvalue weighted by Crippen LogP contribution is -2.66. The first kappa shape index (κ1) is 32.8. The van der Waals surface area contributed by atoms with Gasteiger partial charge in [-0.1, -0.05) is 59.6 Å². The van der Waals surface area contributed by atoms with Crippen LogP contribution < -0.4 is 20.1 Å². The summed E-state index contributed by atoms with van der Waals surface area (Å²) in [6.07, 6.45) is 6.31. The standard InChI is InChI=1S/C36H36Cl2N8O4/c1-49-33-27(15-45-17-35(18-45)11-9-29(47)43-35)39-13-25(41-33)23-7-3-5-21(31(23)37)22-6-4-8-24(32(22)38)26-14-40-28(34(42-26)50-2)16-46-19-36(20-46)12-10-30(48)44-36/h3-8,13-14H,9-12,15-20H2,1-2H3,(H,43,47)(H,44,48). The number of nitrogens with zero attached hydrogens (tertiary/aromatic N) is 6. The van der Waals surface area contributed by atoms with Gasteiger partial charge in [0.05, 0.1) is 59.1 Å². The number of aromatic nitrogens is 4. The predicted molar refractivity (Wildman–Crippen MR) is 188 cm³/mol. The van der Waals surface area contributed by atoms with Crippen molar-refractivity contribution in [1.82, 2.24) is 40.4 Å². The minimum absolute atomic E-state index is 0.110. The predicted octanol–water partition coefficient (Wildman–Crippen LogP) is 4.52. The van der Waals surface area contributed by atoms with Crippen molar-refractivity contribution in [1.29, 1.82) is 0 Å². The van der Waals surface area contributed by atoms with E-state index in [1.54, 1.807) is 26.6 Å². The van der Waals surface area contributed by atoms with Gasteiger partial charge in [-0.25, -0.2) is 9.97 Å². The highest BCUT2D eigenvalue weighted by atomic mass is 35.5. The molecule has 4 aromatic rings. The van der Waals surface area contributed by atoms with Gasteiger partial charge < -0.3 is 20.1 Å². The van der Waals surface area contributed by atoms with Crippen molar-refractivity contribution in [2.24, 2.45) is 0 Å². The van der Waals surface area contributed by atoms with Crippen molar-refractivity contribution in [3.05, 3.63) is 70.2 Å². The molecule has 2 spiro atoms. The third-order valence-corrected chi connectivity index (χ3v) is 11.0. The molecule has 4 fully saturated rings. The highest BCUT2D eigenvalue weighted by Gasteiger charge is 2.48. The van der Waals surface area contributed by atoms with E-state index in [0.29, 0.717) is 70.3 Å². The van der Waals surface area contributed by atoms with Crippen LogP contribution in [0.25, 0.3) is 33.6 Å². The summed E-state index contributed by atoms with van der Waals surface area (Å²) >= 11 is 14.2. The van der Waals surface area contributed by atoms with Crippen LogP contribution >= 0.6 is 23.2 Å². The lowest BCUT2D eigenvalue weighted by Gasteiger charge is -2.47. The quantitative estimate of drug-likeness (QED) is 0.255. The van der Waals surface area contributed by atoms with E-state index in [0.717, 1.165) is 61.5 Å². The van der Waals surface area contributed by atoms with Crippen LogP contribution in [0.2, 0.25) is 10.0 Å². The Morgan fingerprint density at radius 2 is 1.08 bits per heavy atom. The summed E-state index contributed by atoms with van der Waals surface area (Å²) in [6, 6.07) is 11.4. The molecule has 0 unspecified atom stereocenters. The van der Waals surface area contributed by atoms with Gasteiger partial charge in [0.15, 0.2) is 0 Å². The number of rotatable bonds is 9. The summed E-state index contributed by atoms with van der Waals surface area (Å²) in [5, 5.41) is 7.18. The van der Waals surface area contributed by atoms with Gasteiger partial charge >= 0.3 is 0 Å². The second kappa shape index (κ2) is 12.8. The molecule has 4 aliphatic heterocycles. The van der Waals surface area contributed by atoms with Crippen molar-refractivity contribution in [3.63, 3.8) is 0 Å². The largest absolute Gasteiger partial charge is 0.480 e. The molecule has 0 atom stereocenters. The van der Waals surface area contributed by atoms with Crippen molar-refractivity contribution in [3.8, 4) is 45.4 Å². The topological polar surface area (TPSA) is 135 Å². The van der Waals surface area contributed by atoms with Crippen molar-refractivity contribution in [2.75, 3.05) is 40.4 Å². The highest BCUT2D eigenvalue weighted by molar-refractivity contribution is 6.39. The second-order valence-corrected chi connectivity index (χ2v) is 14.5. The summed E-state index contributed by atoms with van der Waals surface area (Å²) in [5.41, 5.74) is 5.20. The summed E-state index contributed by atoms with van der Waals surface area (Å²) in [4.78, 5) is 46.9. The van der Waals surface area contributed by atoms with Gasteiger partial charge in [0.25, 0.3) is 0 Å². The molecule has 6 heterocycles. The van der Waals surface area contributed by atoms with Crippen molar-refractivity contribution >= 4 is 35.0 Å². The molecule has 12 nitrogen and oxygen atoms in total. The maximum absolute atomic E-state index is 11.7. The summed E-state index contributed by atoms with van der Waals surface area (Å²) in [5.74, 6) is 1.09. The fourth-order valence-electron chi connectivity index (χ4n) is 7.76. The molecule has 4 aliphatic rings. The fraction of sp³-hybridized carbons (Fsp3) is 0.389. The van der Waals surface area contributed by atoms with Gasteiger partial charge in [-0.3, -0.25) is 29.4 Å². The molecule has 0 saturated carbocycles. The number of carbonyl (C=O) groups excluding carboxylic acids is 2. The Morgan fingerprint density at radius 1 is 0.680 bits per heavy atom. The van der Waals surface area contributed by atoms with E-state index in [4.69, 9.17) is 52.6 Å². The molecule has 2 aromatic heterocycles. The van der Waals surface area contributed by atoms with Crippen LogP contribution in [0.4, 0.5) is 0 Å². The average Bonchev–Trinajstić information content (AvgIpc) is 3.68. The van der Waals surface area contributed by atoms with Gasteiger partial charge in [-0.05, 0) is 12.8 Å². The second-order valence-electron chi connectivity index (χ2n) is 13.7. The highest BCUT2D eigenvalue weighted by Crippen LogP contribution is 2.42. The molecular weight excluding hydrogens is 679 g/mol. The number of hydrogen-bond donors (Lipinski definition) is 2. The van der Waals surface area contributed by atoms with Crippen LogP contribution in [0.15, 0.2) is 48.8 Å². The number of nitrogens with one attached hydrogen (secondary N) is 2. The van der Waals surface area contributed by atoms with E-state index < -0.39 is 0 Å². The zero-order valence-corrected chi connectivity index (χ0v) is 29.3. The number of likely N-dealkylation sites (tertiary alicyclic amines) is 2. The lowest BCUT2D eigenvalue weighted by molar-refractivity contribution is -0.121. The Hall–Kier alpha value is -4.36. The van der Waals surface area contributed by atoms with E-state index in [1.807, 2.05) is 36.4 Å². The van der Waals surface area contributed by atoms with Gasteiger partial charge in [0.2, 0.25) is 23.6 Å². The monoisotopic (exact) mass is 714 g/mol. The zero-order chi connectivity index (χ0) is 34.6. The lowest BCUT2D eigenvalue weighted by atomic mass is 9.88. The third-order valence-electron chi connectivity index (χ3n) is 10.2. The smallest absolute Gasteiger partial charge is 0.237 e. The van der Waals surface area contributed by atoms with E-state index >= 15 is 0 Å². The van der Waals surface area contributed by atoms with Crippen LogP contribution in [-0.2, 0) is 22.7 Å². The molecule has 4 saturated heterocycles. The maximum Gasteiger partial charge on any atom is 0.237 e. The van der Waals surface area contributed by atoms with Crippen LogP contribution in [0.3, 0.4) is 0 Å². The Bertz CT molecular complexity index is 1870. The van der Waals surface area contributed by atoms with E-state index in [-0.39, 0.29) is 22.9 Å². The van der Waals surface area contributed by atoms with E-state index in [9.17, 15) is 9.59 Å². The SMILES string of the molecule is COc1nc(-c2cccc(-c3cccc(-c4cnc(CN5CC6(CCC(=O)N6)C5)c(OC)n4)c3Cl)c2Cl)cnc1CN1CC2(CCC(=O)N2)C1. The first-order chi connectivity index (χ1) is 24.2. The number of ether oxygens (including phenoxy) is 2. The van der Waals surface area contributed by atoms with E-state index in [2.05, 4.69) is 20.4 Å². The molecule has 2 aromatic carbocycles. The Balaban J connectivity index is 1.01. The summed E-state index contributed by atoms with van der Waals surface area (Å²) in [7, 11) is 3.16. The zero-order valence-electron chi connectivity index (χ0n) is 27.8. The molecule has 258 valence electrons. The van der Waals surface area contributed by atoms with Gasteiger partial charge in [0.1, 0.15) is 11.4 Å². The molecule has 2 N–H and O–H groups in total. The number of benzene rings is 2. The molecule has 14 heteroatoms. The fourth-order valence-corrected chi connectivity index (χ4v) is 8.41. The third kappa shape index (κ3) is 5.93. The van der Waals surface area contributed by atoms with Crippen LogP contribution in [0.1, 0.15) is 37.1 Å². The number of hydrogen-bond acceptors (Lipinski definition) is 10. The summed E-state index contributed by atoms with van der Waals surface area (Å²) < 4.78 is 11.3. The maximum atomic E-state index is 11.7. The van der Waals surface area contributed by atoms with Gasteiger partial charge in [-0.2, -0.15) is 0 Å². The number of carbonyl (C=O) groups is 2. The first-order valence-electron chi connectivity index (χ1n) is 16.6. The molecule has 0 bridgehead atoms.